The average molecular weight is 280 g/mol. The minimum absolute atomic E-state index is 0.0398. The van der Waals surface area contributed by atoms with Gasteiger partial charge in [0.2, 0.25) is 0 Å². The van der Waals surface area contributed by atoms with E-state index in [9.17, 15) is 4.39 Å². The highest BCUT2D eigenvalue weighted by molar-refractivity contribution is 5.22. The van der Waals surface area contributed by atoms with Crippen molar-refractivity contribution in [2.24, 2.45) is 5.73 Å². The largest absolute Gasteiger partial charge is 0.373 e. The van der Waals surface area contributed by atoms with Crippen LogP contribution in [0.25, 0.3) is 0 Å². The molecule has 1 aliphatic rings. The molecular weight excluding hydrogens is 255 g/mol. The second-order valence-corrected chi connectivity index (χ2v) is 5.78. The van der Waals surface area contributed by atoms with Gasteiger partial charge in [-0.05, 0) is 38.0 Å². The van der Waals surface area contributed by atoms with Crippen molar-refractivity contribution in [2.75, 3.05) is 13.1 Å². The highest BCUT2D eigenvalue weighted by Crippen LogP contribution is 2.28. The van der Waals surface area contributed by atoms with Crippen molar-refractivity contribution in [1.82, 2.24) is 4.90 Å². The van der Waals surface area contributed by atoms with Crippen LogP contribution in [-0.2, 0) is 4.74 Å². The van der Waals surface area contributed by atoms with Crippen molar-refractivity contribution < 1.29 is 9.13 Å². The molecule has 0 aromatic heterocycles. The zero-order valence-electron chi connectivity index (χ0n) is 12.6. The van der Waals surface area contributed by atoms with Gasteiger partial charge in [-0.15, -0.1) is 0 Å². The third-order valence-corrected chi connectivity index (χ3v) is 3.93. The summed E-state index contributed by atoms with van der Waals surface area (Å²) in [5.74, 6) is -0.207. The summed E-state index contributed by atoms with van der Waals surface area (Å²) in [5.41, 5.74) is 7.42. The van der Waals surface area contributed by atoms with Gasteiger partial charge in [-0.2, -0.15) is 0 Å². The number of hydrogen-bond donors (Lipinski definition) is 1. The Kier molecular flexibility index (Phi) is 5.13. The molecule has 4 heteroatoms. The molecular formula is C16H25FN2O. The van der Waals surface area contributed by atoms with Crippen molar-refractivity contribution in [3.05, 3.63) is 35.6 Å². The highest BCUT2D eigenvalue weighted by atomic mass is 19.1. The summed E-state index contributed by atoms with van der Waals surface area (Å²) in [6.07, 6.45) is 1.29. The SMILES string of the molecule is CCC(N)C(c1ccc(F)cc1)N1CC(C)OC(C)C1. The number of nitrogens with two attached hydrogens (primary N) is 1. The van der Waals surface area contributed by atoms with Gasteiger partial charge in [0.05, 0.1) is 18.2 Å². The maximum atomic E-state index is 13.1. The van der Waals surface area contributed by atoms with Crippen LogP contribution in [0.3, 0.4) is 0 Å². The Labute approximate surface area is 120 Å². The Morgan fingerprint density at radius 2 is 1.80 bits per heavy atom. The van der Waals surface area contributed by atoms with Crippen LogP contribution in [-0.4, -0.2) is 36.2 Å². The van der Waals surface area contributed by atoms with E-state index in [0.717, 1.165) is 25.1 Å². The van der Waals surface area contributed by atoms with E-state index in [1.54, 1.807) is 0 Å². The first-order valence-corrected chi connectivity index (χ1v) is 7.41. The standard InChI is InChI=1S/C16H25FN2O/c1-4-15(18)16(13-5-7-14(17)8-6-13)19-9-11(2)20-12(3)10-19/h5-8,11-12,15-16H,4,9-10,18H2,1-3H3. The van der Waals surface area contributed by atoms with Gasteiger partial charge in [-0.3, -0.25) is 4.90 Å². The van der Waals surface area contributed by atoms with Gasteiger partial charge in [0.25, 0.3) is 0 Å². The van der Waals surface area contributed by atoms with E-state index in [0.29, 0.717) is 0 Å². The first-order valence-electron chi connectivity index (χ1n) is 7.41. The summed E-state index contributed by atoms with van der Waals surface area (Å²) >= 11 is 0. The lowest BCUT2D eigenvalue weighted by atomic mass is 9.95. The third kappa shape index (κ3) is 3.57. The molecule has 0 amide bonds. The zero-order chi connectivity index (χ0) is 14.7. The van der Waals surface area contributed by atoms with Gasteiger partial charge >= 0.3 is 0 Å². The van der Waals surface area contributed by atoms with Crippen LogP contribution in [0, 0.1) is 5.82 Å². The van der Waals surface area contributed by atoms with Crippen LogP contribution < -0.4 is 5.73 Å². The fourth-order valence-corrected chi connectivity index (χ4v) is 3.06. The maximum absolute atomic E-state index is 13.1. The fraction of sp³-hybridized carbons (Fsp3) is 0.625. The topological polar surface area (TPSA) is 38.5 Å². The van der Waals surface area contributed by atoms with Crippen LogP contribution in [0.15, 0.2) is 24.3 Å². The smallest absolute Gasteiger partial charge is 0.123 e. The van der Waals surface area contributed by atoms with E-state index in [1.807, 2.05) is 12.1 Å². The molecule has 20 heavy (non-hydrogen) atoms. The number of halogens is 1. The predicted molar refractivity (Wildman–Crippen MR) is 79.0 cm³/mol. The van der Waals surface area contributed by atoms with Gasteiger partial charge in [-0.25, -0.2) is 4.39 Å². The lowest BCUT2D eigenvalue weighted by Crippen LogP contribution is -2.51. The average Bonchev–Trinajstić information content (AvgIpc) is 2.40. The first kappa shape index (κ1) is 15.4. The maximum Gasteiger partial charge on any atom is 0.123 e. The summed E-state index contributed by atoms with van der Waals surface area (Å²) in [6, 6.07) is 6.88. The van der Waals surface area contributed by atoms with Crippen molar-refractivity contribution >= 4 is 0 Å². The van der Waals surface area contributed by atoms with E-state index in [-0.39, 0.29) is 30.1 Å². The van der Waals surface area contributed by atoms with E-state index in [4.69, 9.17) is 10.5 Å². The Hall–Kier alpha value is -0.970. The van der Waals surface area contributed by atoms with E-state index >= 15 is 0 Å². The van der Waals surface area contributed by atoms with Crippen molar-refractivity contribution in [3.8, 4) is 0 Å². The molecule has 2 rings (SSSR count). The number of morpholine rings is 1. The number of rotatable bonds is 4. The van der Waals surface area contributed by atoms with Gasteiger partial charge in [0.15, 0.2) is 0 Å². The molecule has 4 atom stereocenters. The Morgan fingerprint density at radius 1 is 1.25 bits per heavy atom. The lowest BCUT2D eigenvalue weighted by Gasteiger charge is -2.42. The van der Waals surface area contributed by atoms with Crippen LogP contribution in [0.1, 0.15) is 38.8 Å². The molecule has 1 aromatic rings. The van der Waals surface area contributed by atoms with Gasteiger partial charge < -0.3 is 10.5 Å². The molecule has 0 bridgehead atoms. The fourth-order valence-electron chi connectivity index (χ4n) is 3.06. The van der Waals surface area contributed by atoms with Crippen LogP contribution in [0.4, 0.5) is 4.39 Å². The van der Waals surface area contributed by atoms with Gasteiger partial charge in [0, 0.05) is 19.1 Å². The van der Waals surface area contributed by atoms with Crippen LogP contribution in [0.5, 0.6) is 0 Å². The first-order chi connectivity index (χ1) is 9.51. The predicted octanol–water partition coefficient (Wildman–Crippen LogP) is 2.71. The number of hydrogen-bond acceptors (Lipinski definition) is 3. The molecule has 1 fully saturated rings. The summed E-state index contributed by atoms with van der Waals surface area (Å²) in [5, 5.41) is 0. The van der Waals surface area contributed by atoms with E-state index < -0.39 is 0 Å². The zero-order valence-corrected chi connectivity index (χ0v) is 12.6. The summed E-state index contributed by atoms with van der Waals surface area (Å²) in [7, 11) is 0. The summed E-state index contributed by atoms with van der Waals surface area (Å²) in [6.45, 7) is 7.98. The normalized spacial score (nSPS) is 27.2. The van der Waals surface area contributed by atoms with E-state index in [2.05, 4.69) is 25.7 Å². The molecule has 112 valence electrons. The number of benzene rings is 1. The van der Waals surface area contributed by atoms with Crippen LogP contribution >= 0.6 is 0 Å². The molecule has 1 aliphatic heterocycles. The quantitative estimate of drug-likeness (QED) is 0.921. The minimum atomic E-state index is -0.207. The second-order valence-electron chi connectivity index (χ2n) is 5.78. The van der Waals surface area contributed by atoms with Gasteiger partial charge in [0.1, 0.15) is 5.82 Å². The molecule has 1 saturated heterocycles. The Balaban J connectivity index is 2.25. The molecule has 2 N–H and O–H groups in total. The van der Waals surface area contributed by atoms with Crippen molar-refractivity contribution in [1.29, 1.82) is 0 Å². The van der Waals surface area contributed by atoms with Crippen molar-refractivity contribution in [3.63, 3.8) is 0 Å². The molecule has 0 saturated carbocycles. The lowest BCUT2D eigenvalue weighted by molar-refractivity contribution is -0.0838. The minimum Gasteiger partial charge on any atom is -0.373 e. The molecule has 1 heterocycles. The molecule has 0 radical (unpaired) electrons. The summed E-state index contributed by atoms with van der Waals surface area (Å²) < 4.78 is 18.9. The summed E-state index contributed by atoms with van der Waals surface area (Å²) in [4.78, 5) is 2.38. The molecule has 1 aromatic carbocycles. The molecule has 4 unspecified atom stereocenters. The van der Waals surface area contributed by atoms with E-state index in [1.165, 1.54) is 12.1 Å². The number of nitrogens with zero attached hydrogens (tertiary/aromatic N) is 1. The molecule has 3 nitrogen and oxygen atoms in total. The number of ether oxygens (including phenoxy) is 1. The highest BCUT2D eigenvalue weighted by Gasteiger charge is 2.31. The Morgan fingerprint density at radius 3 is 2.30 bits per heavy atom. The Bertz CT molecular complexity index is 413. The molecule has 0 spiro atoms. The van der Waals surface area contributed by atoms with Gasteiger partial charge in [-0.1, -0.05) is 19.1 Å². The third-order valence-electron chi connectivity index (χ3n) is 3.93. The van der Waals surface area contributed by atoms with Crippen molar-refractivity contribution in [2.45, 2.75) is 51.5 Å². The monoisotopic (exact) mass is 280 g/mol. The van der Waals surface area contributed by atoms with Crippen LogP contribution in [0.2, 0.25) is 0 Å². The second kappa shape index (κ2) is 6.66. The molecule has 0 aliphatic carbocycles.